The van der Waals surface area contributed by atoms with Gasteiger partial charge in [0.15, 0.2) is 5.69 Å². The monoisotopic (exact) mass is 454 g/mol. The largest absolute Gasteiger partial charge is 0.366 e. The molecule has 0 radical (unpaired) electrons. The maximum atomic E-state index is 12.6. The van der Waals surface area contributed by atoms with Gasteiger partial charge < -0.3 is 10.3 Å². The van der Waals surface area contributed by atoms with Gasteiger partial charge in [0.2, 0.25) is 5.91 Å². The topological polar surface area (TPSA) is 104 Å². The lowest BCUT2D eigenvalue weighted by Gasteiger charge is -2.14. The lowest BCUT2D eigenvalue weighted by molar-refractivity contribution is -0.464. The number of rotatable bonds is 5. The van der Waals surface area contributed by atoms with Crippen molar-refractivity contribution in [2.24, 2.45) is 5.92 Å². The molecule has 0 atom stereocenters. The van der Waals surface area contributed by atoms with Gasteiger partial charge in [0.25, 0.3) is 0 Å². The third-order valence-corrected chi connectivity index (χ3v) is 6.37. The summed E-state index contributed by atoms with van der Waals surface area (Å²) in [5.41, 5.74) is 4.61. The first-order valence-electron chi connectivity index (χ1n) is 11.9. The standard InChI is InChI=1S/C27H27N5O2/c33-26(19-7-3-1-2-4-8-19)29-20-12-10-18(11-13-20)25-31-22-15-14-21(17-24(22)32-25)30-27(34)23-9-5-6-16-28-23/h5-6,9-17,19H,1-4,7-8H2,(H,29,33)(H,30,34)(H,31,32)/p+1. The van der Waals surface area contributed by atoms with Gasteiger partial charge in [-0.05, 0) is 55.3 Å². The molecule has 7 heteroatoms. The molecule has 34 heavy (non-hydrogen) atoms. The summed E-state index contributed by atoms with van der Waals surface area (Å²) in [5, 5.41) is 4.65. The highest BCUT2D eigenvalue weighted by molar-refractivity contribution is 5.93. The van der Waals surface area contributed by atoms with E-state index in [-0.39, 0.29) is 17.7 Å². The zero-order valence-electron chi connectivity index (χ0n) is 19.0. The zero-order chi connectivity index (χ0) is 23.3. The van der Waals surface area contributed by atoms with Gasteiger partial charge in [0.1, 0.15) is 11.5 Å². The molecular formula is C27H28N5O2+. The van der Waals surface area contributed by atoms with Crippen molar-refractivity contribution < 1.29 is 14.9 Å². The van der Waals surface area contributed by atoms with Crippen LogP contribution in [0.2, 0.25) is 0 Å². The van der Waals surface area contributed by atoms with E-state index in [4.69, 9.17) is 0 Å². The van der Waals surface area contributed by atoms with Crippen LogP contribution < -0.4 is 10.6 Å². The van der Waals surface area contributed by atoms with Crippen molar-refractivity contribution in [3.05, 3.63) is 72.6 Å². The van der Waals surface area contributed by atoms with Crippen LogP contribution in [-0.4, -0.2) is 26.8 Å². The average molecular weight is 455 g/mol. The first-order valence-corrected chi connectivity index (χ1v) is 11.9. The van der Waals surface area contributed by atoms with Crippen molar-refractivity contribution in [3.8, 4) is 11.4 Å². The van der Waals surface area contributed by atoms with Crippen molar-refractivity contribution in [2.45, 2.75) is 38.5 Å². The second kappa shape index (κ2) is 9.97. The Morgan fingerprint density at radius 1 is 0.941 bits per heavy atom. The van der Waals surface area contributed by atoms with E-state index in [1.807, 2.05) is 42.5 Å². The van der Waals surface area contributed by atoms with Gasteiger partial charge in [-0.15, -0.1) is 0 Å². The number of anilines is 1. The van der Waals surface area contributed by atoms with Crippen LogP contribution in [0.15, 0.2) is 66.9 Å². The number of quaternary nitrogens is 1. The summed E-state index contributed by atoms with van der Waals surface area (Å²) in [4.78, 5) is 37.2. The number of hydrogen-bond acceptors (Lipinski definition) is 4. The highest BCUT2D eigenvalue weighted by Gasteiger charge is 2.20. The molecular weight excluding hydrogens is 426 g/mol. The number of carbonyl (C=O) groups is 2. The van der Waals surface area contributed by atoms with Gasteiger partial charge in [-0.3, -0.25) is 4.79 Å². The summed E-state index contributed by atoms with van der Waals surface area (Å²) in [7, 11) is 0. The smallest absolute Gasteiger partial charge is 0.338 e. The van der Waals surface area contributed by atoms with Crippen LogP contribution in [0.4, 0.5) is 11.4 Å². The Kier molecular flexibility index (Phi) is 6.44. The minimum absolute atomic E-state index is 0.119. The Balaban J connectivity index is 1.27. The number of nitrogens with zero attached hydrogens (tertiary/aromatic N) is 2. The Labute approximate surface area is 198 Å². The first kappa shape index (κ1) is 22.0. The van der Waals surface area contributed by atoms with Crippen LogP contribution in [0.1, 0.15) is 49.0 Å². The maximum Gasteiger partial charge on any atom is 0.366 e. The molecule has 7 nitrogen and oxygen atoms in total. The lowest BCUT2D eigenvalue weighted by Crippen LogP contribution is -2.82. The number of fused-ring (bicyclic) bond motifs is 1. The highest BCUT2D eigenvalue weighted by Crippen LogP contribution is 2.26. The van der Waals surface area contributed by atoms with Crippen LogP contribution in [0.3, 0.4) is 0 Å². The summed E-state index contributed by atoms with van der Waals surface area (Å²) in [6.45, 7) is 0. The molecule has 5 rings (SSSR count). The van der Waals surface area contributed by atoms with E-state index in [1.54, 1.807) is 29.7 Å². The molecule has 1 fully saturated rings. The summed E-state index contributed by atoms with van der Waals surface area (Å²) in [6.07, 6.45) is 8.32. The highest BCUT2D eigenvalue weighted by atomic mass is 16.2. The molecule has 1 aliphatic carbocycles. The van der Waals surface area contributed by atoms with E-state index in [9.17, 15) is 9.59 Å². The molecule has 4 aromatic rings. The third-order valence-electron chi connectivity index (χ3n) is 6.37. The van der Waals surface area contributed by atoms with Crippen molar-refractivity contribution in [2.75, 3.05) is 5.32 Å². The second-order valence-electron chi connectivity index (χ2n) is 8.84. The number of imidazole rings is 1. The molecule has 2 aromatic carbocycles. The van der Waals surface area contributed by atoms with Gasteiger partial charge in [-0.2, -0.15) is 0 Å². The summed E-state index contributed by atoms with van der Waals surface area (Å²) >= 11 is 0. The fraction of sp³-hybridized carbons (Fsp3) is 0.259. The molecule has 1 saturated carbocycles. The number of pyridine rings is 1. The van der Waals surface area contributed by atoms with Gasteiger partial charge in [-0.1, -0.05) is 31.7 Å². The van der Waals surface area contributed by atoms with Crippen LogP contribution >= 0.6 is 0 Å². The van der Waals surface area contributed by atoms with E-state index in [0.717, 1.165) is 59.5 Å². The molecule has 2 aromatic heterocycles. The number of nitrogens with two attached hydrogens (primary N) is 1. The second-order valence-corrected chi connectivity index (χ2v) is 8.84. The number of hydrogen-bond donors (Lipinski definition) is 3. The molecule has 0 bridgehead atoms. The molecule has 1 aliphatic rings. The molecule has 2 heterocycles. The van der Waals surface area contributed by atoms with Gasteiger partial charge >= 0.3 is 5.91 Å². The van der Waals surface area contributed by atoms with Crippen LogP contribution in [-0.2, 0) is 4.79 Å². The number of aromatic nitrogens is 3. The predicted octanol–water partition coefficient (Wildman–Crippen LogP) is 4.57. The Morgan fingerprint density at radius 2 is 1.74 bits per heavy atom. The summed E-state index contributed by atoms with van der Waals surface area (Å²) in [6, 6.07) is 18.7. The summed E-state index contributed by atoms with van der Waals surface area (Å²) < 4.78 is 0. The Bertz CT molecular complexity index is 1290. The fourth-order valence-electron chi connectivity index (χ4n) is 4.48. The number of aromatic amines is 1. The number of carbonyl (C=O) groups excluding carboxylic acids is 2. The summed E-state index contributed by atoms with van der Waals surface area (Å²) in [5.74, 6) is 0.849. The van der Waals surface area contributed by atoms with Gasteiger partial charge in [-0.25, -0.2) is 20.1 Å². The molecule has 4 N–H and O–H groups in total. The van der Waals surface area contributed by atoms with Crippen molar-refractivity contribution in [1.29, 1.82) is 0 Å². The van der Waals surface area contributed by atoms with E-state index in [1.165, 1.54) is 12.8 Å². The average Bonchev–Trinajstić information content (AvgIpc) is 3.09. The number of nitrogens with one attached hydrogen (secondary N) is 2. The van der Waals surface area contributed by atoms with E-state index in [2.05, 4.69) is 20.3 Å². The number of H-pyrrole nitrogens is 1. The van der Waals surface area contributed by atoms with Crippen molar-refractivity contribution in [1.82, 2.24) is 15.0 Å². The predicted molar refractivity (Wildman–Crippen MR) is 132 cm³/mol. The van der Waals surface area contributed by atoms with E-state index in [0.29, 0.717) is 5.69 Å². The molecule has 172 valence electrons. The Hall–Kier alpha value is -3.84. The maximum absolute atomic E-state index is 12.6. The minimum atomic E-state index is -0.138. The Morgan fingerprint density at radius 3 is 2.47 bits per heavy atom. The molecule has 0 spiro atoms. The van der Waals surface area contributed by atoms with Crippen molar-refractivity contribution in [3.63, 3.8) is 0 Å². The number of benzene rings is 2. The minimum Gasteiger partial charge on any atom is -0.338 e. The number of primary amides is 1. The molecule has 0 unspecified atom stereocenters. The van der Waals surface area contributed by atoms with Crippen LogP contribution in [0.25, 0.3) is 22.4 Å². The SMILES string of the molecule is O=C([NH2+]c1ccc2nc(-c3ccc(NC(=O)C4CCCCCC4)cc3)[nH]c2c1)c1ccccn1. The van der Waals surface area contributed by atoms with Crippen molar-refractivity contribution >= 4 is 34.2 Å². The fourth-order valence-corrected chi connectivity index (χ4v) is 4.48. The quantitative estimate of drug-likeness (QED) is 0.303. The van der Waals surface area contributed by atoms with E-state index < -0.39 is 0 Å². The van der Waals surface area contributed by atoms with E-state index >= 15 is 0 Å². The molecule has 0 aliphatic heterocycles. The molecule has 2 amide bonds. The van der Waals surface area contributed by atoms with Crippen LogP contribution in [0, 0.1) is 5.92 Å². The van der Waals surface area contributed by atoms with Crippen LogP contribution in [0.5, 0.6) is 0 Å². The lowest BCUT2D eigenvalue weighted by atomic mass is 9.99. The third kappa shape index (κ3) is 5.05. The van der Waals surface area contributed by atoms with Gasteiger partial charge in [0, 0.05) is 35.5 Å². The van der Waals surface area contributed by atoms with Gasteiger partial charge in [0.05, 0.1) is 11.0 Å². The zero-order valence-corrected chi connectivity index (χ0v) is 19.0. The number of amides is 2. The normalized spacial score (nSPS) is 14.6. The molecule has 0 saturated heterocycles. The first-order chi connectivity index (χ1) is 16.7.